The van der Waals surface area contributed by atoms with Gasteiger partial charge in [-0.25, -0.2) is 4.79 Å². The molecule has 0 radical (unpaired) electrons. The van der Waals surface area contributed by atoms with Crippen LogP contribution in [0.25, 0.3) is 0 Å². The van der Waals surface area contributed by atoms with Gasteiger partial charge in [0, 0.05) is 16.7 Å². The molecule has 2 aliphatic rings. The molecule has 34 heavy (non-hydrogen) atoms. The van der Waals surface area contributed by atoms with Gasteiger partial charge in [0.15, 0.2) is 11.3 Å². The van der Waals surface area contributed by atoms with Crippen LogP contribution >= 0.6 is 0 Å². The molecule has 1 aliphatic heterocycles. The third kappa shape index (κ3) is 3.61. The van der Waals surface area contributed by atoms with Crippen LogP contribution in [0.4, 0.5) is 4.79 Å². The number of nitrogens with one attached hydrogen (secondary N) is 1. The smallest absolute Gasteiger partial charge is 0.446 e. The Morgan fingerprint density at radius 1 is 1.09 bits per heavy atom. The van der Waals surface area contributed by atoms with Crippen LogP contribution in [0.2, 0.25) is 0 Å². The van der Waals surface area contributed by atoms with Gasteiger partial charge < -0.3 is 19.3 Å². The van der Waals surface area contributed by atoms with Gasteiger partial charge in [-0.2, -0.15) is 0 Å². The van der Waals surface area contributed by atoms with E-state index in [1.807, 2.05) is 26.8 Å². The van der Waals surface area contributed by atoms with Crippen molar-refractivity contribution >= 4 is 11.9 Å². The average Bonchev–Trinajstić information content (AvgIpc) is 3.13. The maximum absolute atomic E-state index is 13.9. The number of aliphatic hydroxyl groups excluding tert-OH is 1. The zero-order valence-electron chi connectivity index (χ0n) is 19.9. The molecule has 178 valence electrons. The van der Waals surface area contributed by atoms with Crippen LogP contribution < -0.4 is 10.1 Å². The highest BCUT2D eigenvalue weighted by atomic mass is 16.8. The van der Waals surface area contributed by atoms with Crippen molar-refractivity contribution in [2.45, 2.75) is 52.2 Å². The van der Waals surface area contributed by atoms with Crippen LogP contribution in [-0.2, 0) is 15.3 Å². The Balaban J connectivity index is 1.88. The van der Waals surface area contributed by atoms with Gasteiger partial charge in [-0.15, -0.1) is 0 Å². The Morgan fingerprint density at radius 3 is 2.38 bits per heavy atom. The summed E-state index contributed by atoms with van der Waals surface area (Å²) in [7, 11) is 0. The molecule has 0 saturated carbocycles. The molecule has 4 rings (SSSR count). The van der Waals surface area contributed by atoms with E-state index in [0.717, 1.165) is 5.57 Å². The van der Waals surface area contributed by atoms with Gasteiger partial charge in [0.05, 0.1) is 0 Å². The highest BCUT2D eigenvalue weighted by Gasteiger charge is 2.74. The topological polar surface area (TPSA) is 94.1 Å². The molecule has 0 fully saturated rings. The molecule has 3 unspecified atom stereocenters. The van der Waals surface area contributed by atoms with Crippen LogP contribution in [-0.4, -0.2) is 28.8 Å². The molecule has 2 N–H and O–H groups in total. The second-order valence-electron chi connectivity index (χ2n) is 8.96. The summed E-state index contributed by atoms with van der Waals surface area (Å²) in [4.78, 5) is 26.9. The predicted octanol–water partition coefficient (Wildman–Crippen LogP) is 4.82. The normalized spacial score (nSPS) is 24.6. The molecule has 0 spiro atoms. The molecule has 7 nitrogen and oxygen atoms in total. The number of benzene rings is 2. The number of ketones is 1. The number of allylic oxidation sites excluding steroid dienone is 2. The van der Waals surface area contributed by atoms with Gasteiger partial charge in [0.25, 0.3) is 0 Å². The lowest BCUT2D eigenvalue weighted by Crippen LogP contribution is -2.64. The number of carbonyl (C=O) groups is 2. The predicted molar refractivity (Wildman–Crippen MR) is 126 cm³/mol. The fourth-order valence-corrected chi connectivity index (χ4v) is 4.46. The molecule has 0 bridgehead atoms. The number of para-hydroxylation sites is 1. The molecule has 0 aromatic heterocycles. The van der Waals surface area contributed by atoms with Crippen molar-refractivity contribution in [3.63, 3.8) is 0 Å². The number of hydrogen-bond donors (Lipinski definition) is 2. The molecule has 7 heteroatoms. The third-order valence-electron chi connectivity index (χ3n) is 6.41. The van der Waals surface area contributed by atoms with E-state index in [0.29, 0.717) is 22.5 Å². The number of hydrogen-bond acceptors (Lipinski definition) is 7. The first-order valence-electron chi connectivity index (χ1n) is 11.3. The summed E-state index contributed by atoms with van der Waals surface area (Å²) in [5, 5.41) is 13.3. The Bertz CT molecular complexity index is 1180. The van der Waals surface area contributed by atoms with Crippen molar-refractivity contribution in [1.29, 1.82) is 0 Å². The Morgan fingerprint density at radius 2 is 1.74 bits per heavy atom. The average molecular weight is 464 g/mol. The standard InChI is InChI=1S/C27H29NO6/c1-16(2)17(3)15-23-18(4)26(28-19(5)29)24(30)21-13-9-10-14-22(21)27(26,33-23)34-25(31)32-20-11-7-6-8-12-20/h6-16,19,28-29H,1-5H3/b17-15+. The van der Waals surface area contributed by atoms with Crippen molar-refractivity contribution in [3.8, 4) is 5.75 Å². The summed E-state index contributed by atoms with van der Waals surface area (Å²) in [5.74, 6) is -1.35. The molecule has 2 aromatic rings. The van der Waals surface area contributed by atoms with Gasteiger partial charge in [0.1, 0.15) is 17.7 Å². The summed E-state index contributed by atoms with van der Waals surface area (Å²) in [5.41, 5.74) is 0.560. The van der Waals surface area contributed by atoms with Crippen molar-refractivity contribution in [3.05, 3.63) is 88.7 Å². The zero-order valence-corrected chi connectivity index (χ0v) is 19.9. The highest BCUT2D eigenvalue weighted by Crippen LogP contribution is 2.57. The van der Waals surface area contributed by atoms with Crippen LogP contribution in [0.3, 0.4) is 0 Å². The summed E-state index contributed by atoms with van der Waals surface area (Å²) < 4.78 is 17.7. The third-order valence-corrected chi connectivity index (χ3v) is 6.41. The van der Waals surface area contributed by atoms with E-state index in [2.05, 4.69) is 5.32 Å². The molecule has 0 amide bonds. The van der Waals surface area contributed by atoms with E-state index >= 15 is 0 Å². The van der Waals surface area contributed by atoms with E-state index in [1.165, 1.54) is 6.92 Å². The fraction of sp³-hybridized carbons (Fsp3) is 0.333. The van der Waals surface area contributed by atoms with Gasteiger partial charge in [0.2, 0.25) is 0 Å². The Labute approximate surface area is 199 Å². The van der Waals surface area contributed by atoms with E-state index in [1.54, 1.807) is 61.5 Å². The van der Waals surface area contributed by atoms with Crippen molar-refractivity contribution in [1.82, 2.24) is 5.32 Å². The van der Waals surface area contributed by atoms with Crippen LogP contribution in [0.5, 0.6) is 5.75 Å². The highest BCUT2D eigenvalue weighted by molar-refractivity contribution is 6.12. The van der Waals surface area contributed by atoms with E-state index in [9.17, 15) is 14.7 Å². The number of carbonyl (C=O) groups excluding carboxylic acids is 2. The molecule has 2 aromatic carbocycles. The molecule has 1 heterocycles. The maximum atomic E-state index is 13.9. The number of rotatable bonds is 6. The number of fused-ring (bicyclic) bond motifs is 3. The second-order valence-corrected chi connectivity index (χ2v) is 8.96. The van der Waals surface area contributed by atoms with Crippen LogP contribution in [0, 0.1) is 5.92 Å². The minimum absolute atomic E-state index is 0.230. The Kier molecular flexibility index (Phi) is 6.10. The molecule has 1 aliphatic carbocycles. The van der Waals surface area contributed by atoms with Crippen LogP contribution in [0.15, 0.2) is 77.6 Å². The molecule has 3 atom stereocenters. The van der Waals surface area contributed by atoms with Gasteiger partial charge in [-0.05, 0) is 44.9 Å². The van der Waals surface area contributed by atoms with Crippen LogP contribution in [0.1, 0.15) is 50.5 Å². The van der Waals surface area contributed by atoms with E-state index in [4.69, 9.17) is 14.2 Å². The van der Waals surface area contributed by atoms with Crippen molar-refractivity contribution in [2.24, 2.45) is 5.92 Å². The SMILES string of the molecule is CC1=C(/C=C(\C)C(C)C)OC2(OC(=O)Oc3ccccc3)c3ccccc3C(=O)C12NC(C)O. The first-order chi connectivity index (χ1) is 16.1. The first-order valence-corrected chi connectivity index (χ1v) is 11.3. The molecular formula is C27H29NO6. The minimum Gasteiger partial charge on any atom is -0.446 e. The number of aliphatic hydroxyl groups is 1. The summed E-state index contributed by atoms with van der Waals surface area (Å²) in [6, 6.07) is 15.3. The van der Waals surface area contributed by atoms with Crippen molar-refractivity contribution < 1.29 is 28.9 Å². The lowest BCUT2D eigenvalue weighted by Gasteiger charge is -2.39. The monoisotopic (exact) mass is 463 g/mol. The maximum Gasteiger partial charge on any atom is 0.517 e. The quantitative estimate of drug-likeness (QED) is 0.360. The summed E-state index contributed by atoms with van der Waals surface area (Å²) >= 11 is 0. The zero-order chi connectivity index (χ0) is 24.7. The largest absolute Gasteiger partial charge is 0.517 e. The number of Topliss-reactive ketones (excluding diaryl/α,β-unsaturated/α-hetero) is 1. The summed E-state index contributed by atoms with van der Waals surface area (Å²) in [6.45, 7) is 9.30. The van der Waals surface area contributed by atoms with E-state index < -0.39 is 23.7 Å². The second kappa shape index (κ2) is 8.74. The van der Waals surface area contributed by atoms with Gasteiger partial charge in [-0.1, -0.05) is 61.9 Å². The van der Waals surface area contributed by atoms with Crippen molar-refractivity contribution in [2.75, 3.05) is 0 Å². The number of ether oxygens (including phenoxy) is 3. The fourth-order valence-electron chi connectivity index (χ4n) is 4.46. The lowest BCUT2D eigenvalue weighted by atomic mass is 9.82. The van der Waals surface area contributed by atoms with E-state index in [-0.39, 0.29) is 17.5 Å². The van der Waals surface area contributed by atoms with Gasteiger partial charge in [-0.3, -0.25) is 10.1 Å². The van der Waals surface area contributed by atoms with Gasteiger partial charge >= 0.3 is 11.9 Å². The molecular weight excluding hydrogens is 434 g/mol. The Hall–Kier alpha value is -3.42. The summed E-state index contributed by atoms with van der Waals surface area (Å²) in [6.07, 6.45) is -0.307. The molecule has 0 saturated heterocycles. The minimum atomic E-state index is -1.91. The first kappa shape index (κ1) is 23.7. The lowest BCUT2D eigenvalue weighted by molar-refractivity contribution is -0.205.